The number of hydrogen-bond acceptors (Lipinski definition) is 4. The van der Waals surface area contributed by atoms with Gasteiger partial charge in [0.05, 0.1) is 18.2 Å². The molecule has 1 aromatic rings. The summed E-state index contributed by atoms with van der Waals surface area (Å²) < 4.78 is 5.57. The predicted octanol–water partition coefficient (Wildman–Crippen LogP) is 1.51. The van der Waals surface area contributed by atoms with Crippen LogP contribution in [0, 0.1) is 0 Å². The number of hydrogen-bond donors (Lipinski definition) is 1. The number of ether oxygens (including phenoxy) is 1. The van der Waals surface area contributed by atoms with Gasteiger partial charge in [0.25, 0.3) is 5.91 Å². The molecule has 2 aliphatic heterocycles. The van der Waals surface area contributed by atoms with Crippen LogP contribution < -0.4 is 10.1 Å². The molecule has 2 saturated heterocycles. The third-order valence-electron chi connectivity index (χ3n) is 4.90. The molecule has 1 N–H and O–H groups in total. The second-order valence-electron chi connectivity index (χ2n) is 6.55. The first-order chi connectivity index (χ1) is 12.2. The molecule has 3 rings (SSSR count). The Hall–Kier alpha value is -2.08. The van der Waals surface area contributed by atoms with Crippen molar-refractivity contribution in [3.05, 3.63) is 29.8 Å². The summed E-state index contributed by atoms with van der Waals surface area (Å²) in [6.45, 7) is 5.68. The molecule has 2 amide bonds. The Morgan fingerprint density at radius 2 is 1.84 bits per heavy atom. The molecule has 6 heteroatoms. The smallest absolute Gasteiger partial charge is 0.257 e. The molecule has 0 spiro atoms. The highest BCUT2D eigenvalue weighted by molar-refractivity contribution is 5.97. The maximum Gasteiger partial charge on any atom is 0.257 e. The number of carbonyl (C=O) groups is 2. The van der Waals surface area contributed by atoms with Gasteiger partial charge in [0.1, 0.15) is 5.75 Å². The quantitative estimate of drug-likeness (QED) is 0.899. The molecular formula is C19H27N3O3. The molecule has 25 heavy (non-hydrogen) atoms. The van der Waals surface area contributed by atoms with Crippen LogP contribution in [0.2, 0.25) is 0 Å². The Bertz CT molecular complexity index is 606. The van der Waals surface area contributed by atoms with Gasteiger partial charge in [-0.1, -0.05) is 18.6 Å². The zero-order valence-electron chi connectivity index (χ0n) is 14.9. The molecule has 0 aromatic heterocycles. The van der Waals surface area contributed by atoms with Crippen LogP contribution >= 0.6 is 0 Å². The van der Waals surface area contributed by atoms with Crippen LogP contribution in [0.25, 0.3) is 0 Å². The van der Waals surface area contributed by atoms with Gasteiger partial charge in [-0.2, -0.15) is 0 Å². The topological polar surface area (TPSA) is 61.9 Å². The van der Waals surface area contributed by atoms with Gasteiger partial charge < -0.3 is 19.9 Å². The number of piperidine rings is 1. The summed E-state index contributed by atoms with van der Waals surface area (Å²) in [6, 6.07) is 7.30. The lowest BCUT2D eigenvalue weighted by Gasteiger charge is -2.37. The van der Waals surface area contributed by atoms with Gasteiger partial charge in [-0.25, -0.2) is 0 Å². The fraction of sp³-hybridized carbons (Fsp3) is 0.579. The average molecular weight is 345 g/mol. The van der Waals surface area contributed by atoms with Gasteiger partial charge in [-0.15, -0.1) is 0 Å². The Morgan fingerprint density at radius 1 is 1.12 bits per heavy atom. The molecule has 1 unspecified atom stereocenters. The van der Waals surface area contributed by atoms with Crippen LogP contribution in [0.4, 0.5) is 0 Å². The number of benzene rings is 1. The van der Waals surface area contributed by atoms with Crippen LogP contribution in [0.1, 0.15) is 36.5 Å². The Balaban J connectivity index is 1.58. The van der Waals surface area contributed by atoms with Gasteiger partial charge in [-0.3, -0.25) is 9.59 Å². The number of para-hydroxylation sites is 1. The molecule has 136 valence electrons. The molecule has 0 aliphatic carbocycles. The van der Waals surface area contributed by atoms with E-state index in [1.165, 1.54) is 0 Å². The van der Waals surface area contributed by atoms with Crippen LogP contribution in [-0.2, 0) is 4.79 Å². The molecular weight excluding hydrogens is 318 g/mol. The highest BCUT2D eigenvalue weighted by Gasteiger charge is 2.30. The minimum absolute atomic E-state index is 0.0214. The first-order valence-corrected chi connectivity index (χ1v) is 9.24. The van der Waals surface area contributed by atoms with Crippen molar-refractivity contribution in [3.63, 3.8) is 0 Å². The lowest BCUT2D eigenvalue weighted by Crippen LogP contribution is -2.55. The van der Waals surface area contributed by atoms with Gasteiger partial charge in [0.15, 0.2) is 0 Å². The Labute approximate surface area is 149 Å². The molecule has 1 atom stereocenters. The van der Waals surface area contributed by atoms with E-state index >= 15 is 0 Å². The Kier molecular flexibility index (Phi) is 5.91. The van der Waals surface area contributed by atoms with E-state index in [0.717, 1.165) is 25.8 Å². The van der Waals surface area contributed by atoms with Crippen molar-refractivity contribution >= 4 is 11.8 Å². The van der Waals surface area contributed by atoms with E-state index in [2.05, 4.69) is 5.32 Å². The van der Waals surface area contributed by atoms with E-state index in [4.69, 9.17) is 4.74 Å². The van der Waals surface area contributed by atoms with E-state index in [1.54, 1.807) is 6.07 Å². The van der Waals surface area contributed by atoms with Crippen LogP contribution in [0.15, 0.2) is 24.3 Å². The van der Waals surface area contributed by atoms with Crippen LogP contribution in [-0.4, -0.2) is 67.0 Å². The van der Waals surface area contributed by atoms with Crippen LogP contribution in [0.5, 0.6) is 5.75 Å². The fourth-order valence-electron chi connectivity index (χ4n) is 3.51. The van der Waals surface area contributed by atoms with Crippen molar-refractivity contribution in [3.8, 4) is 5.75 Å². The van der Waals surface area contributed by atoms with Gasteiger partial charge in [0, 0.05) is 26.2 Å². The molecule has 6 nitrogen and oxygen atoms in total. The normalized spacial score (nSPS) is 21.1. The molecule has 2 heterocycles. The van der Waals surface area contributed by atoms with E-state index in [1.807, 2.05) is 34.9 Å². The lowest BCUT2D eigenvalue weighted by atomic mass is 10.0. The van der Waals surface area contributed by atoms with Crippen LogP contribution in [0.3, 0.4) is 0 Å². The second-order valence-corrected chi connectivity index (χ2v) is 6.55. The van der Waals surface area contributed by atoms with Gasteiger partial charge in [0.2, 0.25) is 5.91 Å². The largest absolute Gasteiger partial charge is 0.493 e. The number of carbonyl (C=O) groups excluding carboxylic acids is 2. The summed E-state index contributed by atoms with van der Waals surface area (Å²) in [7, 11) is 0. The number of nitrogens with one attached hydrogen (secondary N) is 1. The summed E-state index contributed by atoms with van der Waals surface area (Å²) >= 11 is 0. The number of amides is 2. The van der Waals surface area contributed by atoms with Crippen molar-refractivity contribution in [1.82, 2.24) is 15.1 Å². The van der Waals surface area contributed by atoms with Gasteiger partial charge in [-0.05, 0) is 38.4 Å². The molecule has 2 aliphatic rings. The van der Waals surface area contributed by atoms with Crippen molar-refractivity contribution in [2.45, 2.75) is 32.2 Å². The highest BCUT2D eigenvalue weighted by atomic mass is 16.5. The maximum atomic E-state index is 12.8. The molecule has 0 radical (unpaired) electrons. The third-order valence-corrected chi connectivity index (χ3v) is 4.90. The minimum atomic E-state index is -0.0466. The number of rotatable bonds is 4. The first kappa shape index (κ1) is 17.7. The SMILES string of the molecule is CCOc1ccccc1C(=O)N1CCN(C(=O)C2CCCCN2)CC1. The number of nitrogens with zero attached hydrogens (tertiary/aromatic N) is 2. The molecule has 0 saturated carbocycles. The fourth-order valence-corrected chi connectivity index (χ4v) is 3.51. The molecule has 0 bridgehead atoms. The van der Waals surface area contributed by atoms with E-state index in [0.29, 0.717) is 44.1 Å². The maximum absolute atomic E-state index is 12.8. The monoisotopic (exact) mass is 345 g/mol. The minimum Gasteiger partial charge on any atom is -0.493 e. The zero-order chi connectivity index (χ0) is 17.6. The standard InChI is InChI=1S/C19H27N3O3/c1-2-25-17-9-4-3-7-15(17)18(23)21-11-13-22(14-12-21)19(24)16-8-5-6-10-20-16/h3-4,7,9,16,20H,2,5-6,8,10-14H2,1H3. The average Bonchev–Trinajstić information content (AvgIpc) is 2.68. The van der Waals surface area contributed by atoms with Crippen molar-refractivity contribution in [2.24, 2.45) is 0 Å². The summed E-state index contributed by atoms with van der Waals surface area (Å²) in [5, 5.41) is 3.31. The third kappa shape index (κ3) is 4.12. The summed E-state index contributed by atoms with van der Waals surface area (Å²) in [5.41, 5.74) is 0.595. The first-order valence-electron chi connectivity index (χ1n) is 9.24. The van der Waals surface area contributed by atoms with Crippen molar-refractivity contribution in [2.75, 3.05) is 39.3 Å². The van der Waals surface area contributed by atoms with Crippen molar-refractivity contribution < 1.29 is 14.3 Å². The second kappa shape index (κ2) is 8.34. The predicted molar refractivity (Wildman–Crippen MR) is 95.7 cm³/mol. The van der Waals surface area contributed by atoms with E-state index in [-0.39, 0.29) is 17.9 Å². The summed E-state index contributed by atoms with van der Waals surface area (Å²) in [5.74, 6) is 0.786. The van der Waals surface area contributed by atoms with E-state index < -0.39 is 0 Å². The lowest BCUT2D eigenvalue weighted by molar-refractivity contribution is -0.135. The molecule has 1 aromatic carbocycles. The molecule has 2 fully saturated rings. The highest BCUT2D eigenvalue weighted by Crippen LogP contribution is 2.21. The van der Waals surface area contributed by atoms with Crippen molar-refractivity contribution in [1.29, 1.82) is 0 Å². The zero-order valence-corrected chi connectivity index (χ0v) is 14.9. The summed E-state index contributed by atoms with van der Waals surface area (Å²) in [6.07, 6.45) is 3.17. The summed E-state index contributed by atoms with van der Waals surface area (Å²) in [4.78, 5) is 29.1. The van der Waals surface area contributed by atoms with Gasteiger partial charge >= 0.3 is 0 Å². The number of piperazine rings is 1. The van der Waals surface area contributed by atoms with E-state index in [9.17, 15) is 9.59 Å². The Morgan fingerprint density at radius 3 is 2.52 bits per heavy atom.